The van der Waals surface area contributed by atoms with Crippen molar-refractivity contribution in [1.82, 2.24) is 9.80 Å². The summed E-state index contributed by atoms with van der Waals surface area (Å²) in [6.45, 7) is 8.08. The first-order valence-electron chi connectivity index (χ1n) is 8.12. The van der Waals surface area contributed by atoms with E-state index in [1.807, 2.05) is 36.6 Å². The van der Waals surface area contributed by atoms with E-state index in [1.54, 1.807) is 19.2 Å². The van der Waals surface area contributed by atoms with Gasteiger partial charge in [-0.1, -0.05) is 38.4 Å². The highest BCUT2D eigenvalue weighted by Gasteiger charge is 2.30. The fraction of sp³-hybridized carbons (Fsp3) is 0.556. The Morgan fingerprint density at radius 2 is 1.71 bits per heavy atom. The van der Waals surface area contributed by atoms with Gasteiger partial charge in [-0.2, -0.15) is 0 Å². The van der Waals surface area contributed by atoms with E-state index in [9.17, 15) is 9.59 Å². The molecule has 5 nitrogen and oxygen atoms in total. The van der Waals surface area contributed by atoms with Gasteiger partial charge in [0.05, 0.1) is 18.6 Å². The van der Waals surface area contributed by atoms with Gasteiger partial charge < -0.3 is 14.5 Å². The minimum Gasteiger partial charge on any atom is -0.495 e. The second kappa shape index (κ2) is 7.43. The van der Waals surface area contributed by atoms with Crippen molar-refractivity contribution >= 4 is 23.4 Å². The molecule has 0 radical (unpaired) electrons. The molecule has 0 atom stereocenters. The van der Waals surface area contributed by atoms with Crippen LogP contribution in [0.15, 0.2) is 18.2 Å². The quantitative estimate of drug-likeness (QED) is 0.840. The van der Waals surface area contributed by atoms with Crippen LogP contribution in [-0.2, 0) is 16.0 Å². The van der Waals surface area contributed by atoms with Crippen LogP contribution in [0.3, 0.4) is 0 Å². The third-order valence-corrected chi connectivity index (χ3v) is 4.43. The Labute approximate surface area is 148 Å². The van der Waals surface area contributed by atoms with E-state index >= 15 is 0 Å². The highest BCUT2D eigenvalue weighted by Crippen LogP contribution is 2.25. The van der Waals surface area contributed by atoms with Crippen LogP contribution in [-0.4, -0.2) is 54.9 Å². The molecule has 0 bridgehead atoms. The molecule has 1 saturated heterocycles. The second-order valence-electron chi connectivity index (χ2n) is 7.07. The van der Waals surface area contributed by atoms with E-state index < -0.39 is 0 Å². The van der Waals surface area contributed by atoms with Crippen molar-refractivity contribution in [3.8, 4) is 5.75 Å². The zero-order valence-electron chi connectivity index (χ0n) is 14.8. The van der Waals surface area contributed by atoms with Crippen LogP contribution in [0.5, 0.6) is 5.75 Å². The van der Waals surface area contributed by atoms with Crippen molar-refractivity contribution in [2.45, 2.75) is 27.2 Å². The number of hydrogen-bond acceptors (Lipinski definition) is 3. The number of carbonyl (C=O) groups is 2. The van der Waals surface area contributed by atoms with E-state index in [2.05, 4.69) is 0 Å². The van der Waals surface area contributed by atoms with Crippen molar-refractivity contribution in [2.75, 3.05) is 33.3 Å². The van der Waals surface area contributed by atoms with Crippen molar-refractivity contribution in [3.05, 3.63) is 28.8 Å². The fourth-order valence-corrected chi connectivity index (χ4v) is 3.02. The minimum absolute atomic E-state index is 0.0547. The number of piperazine rings is 1. The van der Waals surface area contributed by atoms with Crippen molar-refractivity contribution in [1.29, 1.82) is 0 Å². The van der Waals surface area contributed by atoms with Crippen LogP contribution >= 0.6 is 11.6 Å². The Kier molecular flexibility index (Phi) is 5.75. The Balaban J connectivity index is 1.91. The summed E-state index contributed by atoms with van der Waals surface area (Å²) in [6, 6.07) is 5.38. The molecule has 0 unspecified atom stereocenters. The maximum atomic E-state index is 12.5. The normalized spacial score (nSPS) is 15.4. The van der Waals surface area contributed by atoms with Crippen molar-refractivity contribution in [2.24, 2.45) is 5.41 Å². The number of nitrogens with zero attached hydrogens (tertiary/aromatic N) is 2. The summed E-state index contributed by atoms with van der Waals surface area (Å²) in [7, 11) is 1.56. The Morgan fingerprint density at radius 3 is 2.21 bits per heavy atom. The molecule has 2 amide bonds. The average Bonchev–Trinajstić information content (AvgIpc) is 2.53. The number of halogens is 1. The number of benzene rings is 1. The summed E-state index contributed by atoms with van der Waals surface area (Å²) in [5.41, 5.74) is 0.477. The predicted octanol–water partition coefficient (Wildman–Crippen LogP) is 2.61. The molecule has 0 N–H and O–H groups in total. The molecule has 0 aromatic heterocycles. The average molecular weight is 353 g/mol. The van der Waals surface area contributed by atoms with Crippen LogP contribution in [0, 0.1) is 5.41 Å². The third-order valence-electron chi connectivity index (χ3n) is 4.13. The van der Waals surface area contributed by atoms with Crippen LogP contribution < -0.4 is 4.74 Å². The van der Waals surface area contributed by atoms with Gasteiger partial charge in [0.2, 0.25) is 11.8 Å². The molecule has 1 aromatic rings. The molecule has 1 aliphatic rings. The van der Waals surface area contributed by atoms with E-state index in [1.165, 1.54) is 0 Å². The molecule has 1 heterocycles. The second-order valence-corrected chi connectivity index (χ2v) is 7.48. The zero-order chi connectivity index (χ0) is 17.9. The highest BCUT2D eigenvalue weighted by molar-refractivity contribution is 6.32. The molecule has 132 valence electrons. The number of carbonyl (C=O) groups excluding carboxylic acids is 2. The highest BCUT2D eigenvalue weighted by atomic mass is 35.5. The molecule has 2 rings (SSSR count). The predicted molar refractivity (Wildman–Crippen MR) is 94.3 cm³/mol. The maximum absolute atomic E-state index is 12.5. The molecular weight excluding hydrogens is 328 g/mol. The first kappa shape index (κ1) is 18.6. The van der Waals surface area contributed by atoms with Gasteiger partial charge in [0.1, 0.15) is 5.75 Å². The molecule has 0 saturated carbocycles. The molecule has 0 spiro atoms. The summed E-state index contributed by atoms with van der Waals surface area (Å²) in [4.78, 5) is 28.4. The van der Waals surface area contributed by atoms with Crippen LogP contribution in [0.2, 0.25) is 5.02 Å². The van der Waals surface area contributed by atoms with E-state index in [0.717, 1.165) is 5.56 Å². The number of hydrogen-bond donors (Lipinski definition) is 0. The SMILES string of the molecule is COc1ccc(CC(=O)N2CCN(C(=O)C(C)(C)C)CC2)cc1Cl. The summed E-state index contributed by atoms with van der Waals surface area (Å²) >= 11 is 6.10. The summed E-state index contributed by atoms with van der Waals surface area (Å²) in [5.74, 6) is 0.790. The van der Waals surface area contributed by atoms with Crippen molar-refractivity contribution in [3.63, 3.8) is 0 Å². The minimum atomic E-state index is -0.383. The lowest BCUT2D eigenvalue weighted by atomic mass is 9.94. The largest absolute Gasteiger partial charge is 0.495 e. The molecule has 6 heteroatoms. The third kappa shape index (κ3) is 4.41. The molecule has 0 aliphatic carbocycles. The number of rotatable bonds is 3. The van der Waals surface area contributed by atoms with E-state index in [0.29, 0.717) is 43.4 Å². The lowest BCUT2D eigenvalue weighted by Gasteiger charge is -2.37. The zero-order valence-corrected chi connectivity index (χ0v) is 15.5. The van der Waals surface area contributed by atoms with E-state index in [4.69, 9.17) is 16.3 Å². The van der Waals surface area contributed by atoms with Crippen molar-refractivity contribution < 1.29 is 14.3 Å². The lowest BCUT2D eigenvalue weighted by Crippen LogP contribution is -2.53. The van der Waals surface area contributed by atoms with Crippen LogP contribution in [0.1, 0.15) is 26.3 Å². The Morgan fingerprint density at radius 1 is 1.12 bits per heavy atom. The monoisotopic (exact) mass is 352 g/mol. The molecular formula is C18H25ClN2O3. The van der Waals surface area contributed by atoms with Gasteiger partial charge >= 0.3 is 0 Å². The Hall–Kier alpha value is -1.75. The topological polar surface area (TPSA) is 49.9 Å². The van der Waals surface area contributed by atoms with Gasteiger partial charge in [-0.3, -0.25) is 9.59 Å². The maximum Gasteiger partial charge on any atom is 0.228 e. The van der Waals surface area contributed by atoms with Crippen LogP contribution in [0.4, 0.5) is 0 Å². The fourth-order valence-electron chi connectivity index (χ4n) is 2.74. The van der Waals surface area contributed by atoms with Gasteiger partial charge in [0.25, 0.3) is 0 Å². The number of ether oxygens (including phenoxy) is 1. The van der Waals surface area contributed by atoms with Gasteiger partial charge in [0.15, 0.2) is 0 Å². The van der Waals surface area contributed by atoms with Crippen LogP contribution in [0.25, 0.3) is 0 Å². The smallest absolute Gasteiger partial charge is 0.228 e. The first-order chi connectivity index (χ1) is 11.2. The van der Waals surface area contributed by atoms with Gasteiger partial charge in [-0.25, -0.2) is 0 Å². The molecule has 1 fully saturated rings. The summed E-state index contributed by atoms with van der Waals surface area (Å²) < 4.78 is 5.12. The number of methoxy groups -OCH3 is 1. The molecule has 24 heavy (non-hydrogen) atoms. The number of amides is 2. The van der Waals surface area contributed by atoms with Gasteiger partial charge in [-0.15, -0.1) is 0 Å². The standard InChI is InChI=1S/C18H25ClN2O3/c1-18(2,3)17(23)21-9-7-20(8-10-21)16(22)12-13-5-6-15(24-4)14(19)11-13/h5-6,11H,7-10,12H2,1-4H3. The van der Waals surface area contributed by atoms with Gasteiger partial charge in [0, 0.05) is 31.6 Å². The molecule has 1 aromatic carbocycles. The summed E-state index contributed by atoms with van der Waals surface area (Å²) in [5, 5.41) is 0.503. The summed E-state index contributed by atoms with van der Waals surface area (Å²) in [6.07, 6.45) is 0.303. The molecule has 1 aliphatic heterocycles. The lowest BCUT2D eigenvalue weighted by molar-refractivity contribution is -0.144. The van der Waals surface area contributed by atoms with E-state index in [-0.39, 0.29) is 17.2 Å². The Bertz CT molecular complexity index is 617. The van der Waals surface area contributed by atoms with Gasteiger partial charge in [-0.05, 0) is 17.7 Å². The first-order valence-corrected chi connectivity index (χ1v) is 8.49.